The van der Waals surface area contributed by atoms with Crippen molar-refractivity contribution in [3.8, 4) is 40.3 Å². The molecule has 0 aliphatic carbocycles. The summed E-state index contributed by atoms with van der Waals surface area (Å²) < 4.78 is 7.05. The molecule has 0 saturated carbocycles. The van der Waals surface area contributed by atoms with Gasteiger partial charge in [-0.05, 0) is 66.7 Å². The smallest absolute Gasteiger partial charge is 0.0992 e. The zero-order valence-corrected chi connectivity index (χ0v) is 29.5. The first kappa shape index (κ1) is 30.7. The Balaban J connectivity index is 1.27. The van der Waals surface area contributed by atoms with E-state index in [-0.39, 0.29) is 0 Å². The highest BCUT2D eigenvalue weighted by atomic mass is 15.1. The van der Waals surface area contributed by atoms with Crippen LogP contribution in [0.5, 0.6) is 0 Å². The first-order valence-corrected chi connectivity index (χ1v) is 18.3. The van der Waals surface area contributed by atoms with E-state index in [1.165, 1.54) is 10.8 Å². The molecule has 3 heterocycles. The summed E-state index contributed by atoms with van der Waals surface area (Å²) in [5.41, 5.74) is 12.7. The van der Waals surface area contributed by atoms with Crippen molar-refractivity contribution in [2.24, 2.45) is 0 Å². The Hall–Kier alpha value is -7.86. The maximum Gasteiger partial charge on any atom is 0.0992 e. The lowest BCUT2D eigenvalue weighted by atomic mass is 9.99. The summed E-state index contributed by atoms with van der Waals surface area (Å²) in [7, 11) is 0. The van der Waals surface area contributed by atoms with E-state index in [0.717, 1.165) is 82.8 Å². The lowest BCUT2D eigenvalue weighted by Gasteiger charge is -2.20. The van der Waals surface area contributed by atoms with Gasteiger partial charge in [0.2, 0.25) is 0 Å². The maximum absolute atomic E-state index is 10.4. The molecule has 0 radical (unpaired) electrons. The van der Waals surface area contributed by atoms with Crippen LogP contribution in [0.15, 0.2) is 176 Å². The van der Waals surface area contributed by atoms with Gasteiger partial charge >= 0.3 is 0 Å². The third-order valence-electron chi connectivity index (χ3n) is 11.1. The van der Waals surface area contributed by atoms with E-state index in [9.17, 15) is 10.5 Å². The van der Waals surface area contributed by atoms with Gasteiger partial charge in [0.1, 0.15) is 0 Å². The van der Waals surface area contributed by atoms with Crippen molar-refractivity contribution in [2.45, 2.75) is 0 Å². The quantitative estimate of drug-likeness (QED) is 0.184. The number of nitrogens with zero attached hydrogens (tertiary/aromatic N) is 5. The molecule has 254 valence electrons. The molecule has 0 unspecified atom stereocenters. The summed E-state index contributed by atoms with van der Waals surface area (Å²) in [5, 5.41) is 27.0. The highest BCUT2D eigenvalue weighted by Crippen LogP contribution is 2.43. The molecule has 0 amide bonds. The normalized spacial score (nSPS) is 11.6. The topological polar surface area (TPSA) is 62.4 Å². The summed E-state index contributed by atoms with van der Waals surface area (Å²) in [5.74, 6) is 0. The van der Waals surface area contributed by atoms with E-state index < -0.39 is 0 Å². The number of benzene rings is 8. The third-order valence-corrected chi connectivity index (χ3v) is 11.1. The molecule has 11 aromatic rings. The van der Waals surface area contributed by atoms with E-state index in [1.807, 2.05) is 30.3 Å². The van der Waals surface area contributed by atoms with Gasteiger partial charge < -0.3 is 13.7 Å². The number of fused-ring (bicyclic) bond motifs is 9. The standard InChI is InChI=1S/C50H29N5/c51-30-32-25-27-47-41(28-32)38-16-5-9-21-45(38)53(47)42-18-6-3-14-36(42)39-26-24-33(31-52)29-49(39)55-46-22-10-4-15-37(46)40-17-11-23-48(50(40)55)54-43-19-7-1-12-34(43)35-13-2-8-20-44(35)54/h1-29H. The minimum absolute atomic E-state index is 0.581. The Labute approximate surface area is 316 Å². The lowest BCUT2D eigenvalue weighted by Crippen LogP contribution is -2.04. The van der Waals surface area contributed by atoms with E-state index >= 15 is 0 Å². The lowest BCUT2D eigenvalue weighted by molar-refractivity contribution is 1.13. The van der Waals surface area contributed by atoms with Crippen molar-refractivity contribution in [3.63, 3.8) is 0 Å². The summed E-state index contributed by atoms with van der Waals surface area (Å²) in [6.07, 6.45) is 0. The highest BCUT2D eigenvalue weighted by molar-refractivity contribution is 6.16. The van der Waals surface area contributed by atoms with Crippen LogP contribution in [0.25, 0.3) is 93.6 Å². The second-order valence-corrected chi connectivity index (χ2v) is 14.0. The fraction of sp³-hybridized carbons (Fsp3) is 0. The van der Waals surface area contributed by atoms with Crippen molar-refractivity contribution < 1.29 is 0 Å². The Morgan fingerprint density at radius 2 is 0.745 bits per heavy atom. The largest absolute Gasteiger partial charge is 0.309 e. The molecule has 0 spiro atoms. The Morgan fingerprint density at radius 3 is 1.40 bits per heavy atom. The average Bonchev–Trinajstić information content (AvgIpc) is 3.89. The van der Waals surface area contributed by atoms with Crippen LogP contribution >= 0.6 is 0 Å². The molecule has 8 aromatic carbocycles. The van der Waals surface area contributed by atoms with Gasteiger partial charge in [-0.2, -0.15) is 10.5 Å². The van der Waals surface area contributed by atoms with Gasteiger partial charge in [0.15, 0.2) is 0 Å². The van der Waals surface area contributed by atoms with Crippen LogP contribution in [-0.2, 0) is 0 Å². The Morgan fingerprint density at radius 1 is 0.309 bits per heavy atom. The molecule has 0 saturated heterocycles. The van der Waals surface area contributed by atoms with Gasteiger partial charge in [-0.15, -0.1) is 0 Å². The fourth-order valence-corrected chi connectivity index (χ4v) is 8.83. The predicted molar refractivity (Wildman–Crippen MR) is 224 cm³/mol. The number of nitriles is 2. The van der Waals surface area contributed by atoms with Crippen LogP contribution in [0.3, 0.4) is 0 Å². The Kier molecular flexibility index (Phi) is 6.61. The summed E-state index contributed by atoms with van der Waals surface area (Å²) in [6.45, 7) is 0. The van der Waals surface area contributed by atoms with E-state index in [1.54, 1.807) is 0 Å². The van der Waals surface area contributed by atoms with Gasteiger partial charge in [0.25, 0.3) is 0 Å². The van der Waals surface area contributed by atoms with Gasteiger partial charge in [0.05, 0.1) is 73.4 Å². The summed E-state index contributed by atoms with van der Waals surface area (Å²) >= 11 is 0. The summed E-state index contributed by atoms with van der Waals surface area (Å²) in [4.78, 5) is 0. The summed E-state index contributed by atoms with van der Waals surface area (Å²) in [6, 6.07) is 66.0. The molecule has 5 nitrogen and oxygen atoms in total. The van der Waals surface area contributed by atoms with Crippen LogP contribution in [0.1, 0.15) is 11.1 Å². The second kappa shape index (κ2) is 11.8. The number of para-hydroxylation sites is 6. The number of aromatic nitrogens is 3. The Bertz CT molecular complexity index is 3420. The molecule has 0 aliphatic rings. The number of hydrogen-bond acceptors (Lipinski definition) is 2. The molecule has 0 fully saturated rings. The monoisotopic (exact) mass is 699 g/mol. The molecule has 55 heavy (non-hydrogen) atoms. The van der Waals surface area contributed by atoms with Crippen molar-refractivity contribution in [1.29, 1.82) is 10.5 Å². The minimum atomic E-state index is 0.581. The second-order valence-electron chi connectivity index (χ2n) is 14.0. The molecule has 0 N–H and O–H groups in total. The molecule has 3 aromatic heterocycles. The maximum atomic E-state index is 10.4. The molecule has 5 heteroatoms. The zero-order chi connectivity index (χ0) is 36.6. The van der Waals surface area contributed by atoms with E-state index in [0.29, 0.717) is 11.1 Å². The number of rotatable bonds is 4. The average molecular weight is 700 g/mol. The predicted octanol–water partition coefficient (Wildman–Crippen LogP) is 12.4. The molecular formula is C50H29N5. The molecule has 11 rings (SSSR count). The van der Waals surface area contributed by atoms with Crippen LogP contribution in [-0.4, -0.2) is 13.7 Å². The first-order chi connectivity index (χ1) is 27.2. The third kappa shape index (κ3) is 4.39. The van der Waals surface area contributed by atoms with Crippen molar-refractivity contribution in [2.75, 3.05) is 0 Å². The minimum Gasteiger partial charge on any atom is -0.309 e. The van der Waals surface area contributed by atoms with Crippen molar-refractivity contribution in [1.82, 2.24) is 13.7 Å². The first-order valence-electron chi connectivity index (χ1n) is 18.3. The fourth-order valence-electron chi connectivity index (χ4n) is 8.83. The highest BCUT2D eigenvalue weighted by Gasteiger charge is 2.23. The van der Waals surface area contributed by atoms with Crippen molar-refractivity contribution in [3.05, 3.63) is 187 Å². The van der Waals surface area contributed by atoms with Gasteiger partial charge in [-0.25, -0.2) is 0 Å². The zero-order valence-electron chi connectivity index (χ0n) is 29.5. The SMILES string of the molecule is N#Cc1ccc(-c2ccccc2-n2c3ccccc3c3cc(C#N)ccc32)c(-n2c3ccccc3c3cccc(-n4c5ccccc5c5ccccc54)c32)c1. The molecule has 0 atom stereocenters. The van der Waals surface area contributed by atoms with Crippen molar-refractivity contribution >= 4 is 65.4 Å². The van der Waals surface area contributed by atoms with Gasteiger partial charge in [-0.1, -0.05) is 109 Å². The van der Waals surface area contributed by atoms with E-state index in [4.69, 9.17) is 0 Å². The molecule has 0 bridgehead atoms. The van der Waals surface area contributed by atoms with Crippen LogP contribution < -0.4 is 0 Å². The van der Waals surface area contributed by atoms with Crippen LogP contribution in [0, 0.1) is 22.7 Å². The number of hydrogen-bond donors (Lipinski definition) is 0. The molecule has 0 aliphatic heterocycles. The van der Waals surface area contributed by atoms with Gasteiger partial charge in [-0.3, -0.25) is 0 Å². The van der Waals surface area contributed by atoms with Crippen LogP contribution in [0.4, 0.5) is 0 Å². The van der Waals surface area contributed by atoms with Crippen LogP contribution in [0.2, 0.25) is 0 Å². The van der Waals surface area contributed by atoms with E-state index in [2.05, 4.69) is 171 Å². The molecular weight excluding hydrogens is 671 g/mol. The van der Waals surface area contributed by atoms with Gasteiger partial charge in [0, 0.05) is 43.4 Å².